The fraction of sp³-hybridized carbons (Fsp3) is 0.120. The van der Waals surface area contributed by atoms with Crippen molar-refractivity contribution in [1.82, 2.24) is 0 Å². The Kier molecular flexibility index (Phi) is 5.18. The Labute approximate surface area is 176 Å². The summed E-state index contributed by atoms with van der Waals surface area (Å²) in [4.78, 5) is 0. The third-order valence-corrected chi connectivity index (χ3v) is 5.30. The third kappa shape index (κ3) is 3.35. The van der Waals surface area contributed by atoms with Crippen LogP contribution in [-0.4, -0.2) is 5.78 Å². The summed E-state index contributed by atoms with van der Waals surface area (Å²) in [6.07, 6.45) is 5.72. The predicted octanol–water partition coefficient (Wildman–Crippen LogP) is 5.81. The molecule has 1 nitrogen and oxygen atoms in total. The van der Waals surface area contributed by atoms with Crippen LogP contribution in [0.25, 0.3) is 6.08 Å². The largest absolute Gasteiger partial charge is 1.00 e. The second-order valence-corrected chi connectivity index (χ2v) is 6.91. The molecule has 3 aromatic carbocycles. The molecule has 27 heavy (non-hydrogen) atoms. The van der Waals surface area contributed by atoms with E-state index in [1.807, 2.05) is 0 Å². The van der Waals surface area contributed by atoms with Crippen molar-refractivity contribution in [3.63, 3.8) is 0 Å². The van der Waals surface area contributed by atoms with Gasteiger partial charge >= 0.3 is 22.4 Å². The number of ketones is 1. The van der Waals surface area contributed by atoms with Crippen molar-refractivity contribution in [1.29, 1.82) is 0 Å². The van der Waals surface area contributed by atoms with Gasteiger partial charge in [0.15, 0.2) is 0 Å². The fourth-order valence-corrected chi connectivity index (χ4v) is 4.09. The van der Waals surface area contributed by atoms with Crippen LogP contribution in [0.3, 0.4) is 0 Å². The second kappa shape index (κ2) is 7.74. The first kappa shape index (κ1) is 18.1. The van der Waals surface area contributed by atoms with Crippen molar-refractivity contribution < 1.29 is 26.8 Å². The molecule has 0 saturated carbocycles. The molecule has 3 aliphatic rings. The zero-order chi connectivity index (χ0) is 17.3. The summed E-state index contributed by atoms with van der Waals surface area (Å²) < 4.78 is 6.43. The summed E-state index contributed by atoms with van der Waals surface area (Å²) in [6.45, 7) is 0. The second-order valence-electron chi connectivity index (χ2n) is 6.91. The topological polar surface area (TPSA) is 11.3 Å². The first-order valence-electron chi connectivity index (χ1n) is 9.19. The standard InChI is InChI=1S/C25H20O.Au/c1-3-9-18(10-4-1)15-16-20-17-23-21-13-7-8-14-22(21)24(20)25(26-23)19-11-5-2-6-12-19;/h1-16,20,23H,17H2;/q;+1/b16-15+;. The van der Waals surface area contributed by atoms with Gasteiger partial charge in [0.25, 0.3) is 11.9 Å². The normalized spacial score (nSPS) is 20.1. The summed E-state index contributed by atoms with van der Waals surface area (Å²) in [5.41, 5.74) is 5.08. The van der Waals surface area contributed by atoms with Gasteiger partial charge in [0.05, 0.1) is 0 Å². The van der Waals surface area contributed by atoms with Crippen LogP contribution in [0.2, 0.25) is 0 Å². The smallest absolute Gasteiger partial charge is 0.275 e. The summed E-state index contributed by atoms with van der Waals surface area (Å²) in [6, 6.07) is 29.7. The van der Waals surface area contributed by atoms with Crippen LogP contribution in [0.15, 0.2) is 91.0 Å². The molecule has 1 aliphatic carbocycles. The third-order valence-electron chi connectivity index (χ3n) is 5.30. The van der Waals surface area contributed by atoms with Crippen molar-refractivity contribution in [2.75, 3.05) is 0 Å². The van der Waals surface area contributed by atoms with E-state index in [0.29, 0.717) is 5.92 Å². The minimum Gasteiger partial charge on any atom is -0.275 e. The fourth-order valence-electron chi connectivity index (χ4n) is 4.09. The van der Waals surface area contributed by atoms with Crippen LogP contribution in [-0.2, 0) is 22.4 Å². The zero-order valence-corrected chi connectivity index (χ0v) is 17.0. The maximum absolute atomic E-state index is 6.43. The van der Waals surface area contributed by atoms with Crippen molar-refractivity contribution in [3.8, 4) is 0 Å². The molecule has 0 saturated heterocycles. The van der Waals surface area contributed by atoms with E-state index in [9.17, 15) is 0 Å². The summed E-state index contributed by atoms with van der Waals surface area (Å²) >= 11 is 0. The van der Waals surface area contributed by atoms with Gasteiger partial charge in [-0.15, -0.1) is 17.7 Å². The molecule has 3 aromatic rings. The van der Waals surface area contributed by atoms with Crippen LogP contribution < -0.4 is 0 Å². The average molecular weight is 533 g/mol. The summed E-state index contributed by atoms with van der Waals surface area (Å²) in [5, 5.41) is 0. The maximum atomic E-state index is 6.43. The maximum Gasteiger partial charge on any atom is 1.00 e. The minimum absolute atomic E-state index is 0. The van der Waals surface area contributed by atoms with Gasteiger partial charge in [-0.2, -0.15) is 0 Å². The van der Waals surface area contributed by atoms with Crippen LogP contribution >= 0.6 is 0 Å². The van der Waals surface area contributed by atoms with Gasteiger partial charge < -0.3 is 0 Å². The Morgan fingerprint density at radius 2 is 1.48 bits per heavy atom. The molecule has 0 fully saturated rings. The number of fused-ring (bicyclic) bond motifs is 1. The molecule has 6 rings (SSSR count). The van der Waals surface area contributed by atoms with Gasteiger partial charge in [-0.05, 0) is 23.0 Å². The van der Waals surface area contributed by atoms with E-state index in [1.54, 1.807) is 0 Å². The SMILES string of the molecule is C(=C\C1CC2[O+]=C(c3ccccc3)[C-]1c1ccccc12)/c1ccccc1.[Au+]. The molecule has 2 unspecified atom stereocenters. The van der Waals surface area contributed by atoms with Gasteiger partial charge in [0.1, 0.15) is 0 Å². The Bertz CT molecular complexity index is 975. The first-order valence-corrected chi connectivity index (χ1v) is 9.19. The van der Waals surface area contributed by atoms with Gasteiger partial charge in [-0.3, -0.25) is 4.42 Å². The molecule has 136 valence electrons. The van der Waals surface area contributed by atoms with Gasteiger partial charge in [0.2, 0.25) is 0 Å². The Balaban J connectivity index is 0.00000180. The van der Waals surface area contributed by atoms with Gasteiger partial charge in [-0.25, -0.2) is 0 Å². The molecular weight excluding hydrogens is 513 g/mol. The molecule has 0 N–H and O–H groups in total. The molecule has 2 atom stereocenters. The molecule has 2 heteroatoms. The van der Waals surface area contributed by atoms with Crippen molar-refractivity contribution >= 4 is 11.9 Å². The molecule has 2 bridgehead atoms. The van der Waals surface area contributed by atoms with Crippen LogP contribution in [0.4, 0.5) is 0 Å². The molecule has 0 aromatic heterocycles. The van der Waals surface area contributed by atoms with Crippen LogP contribution in [0.1, 0.15) is 39.2 Å². The van der Waals surface area contributed by atoms with E-state index in [4.69, 9.17) is 4.42 Å². The van der Waals surface area contributed by atoms with E-state index in [1.165, 1.54) is 28.2 Å². The van der Waals surface area contributed by atoms with Crippen molar-refractivity contribution in [2.24, 2.45) is 5.92 Å². The quantitative estimate of drug-likeness (QED) is 0.229. The number of hydrogen-bond donors (Lipinski definition) is 0. The Morgan fingerprint density at radius 3 is 2.26 bits per heavy atom. The molecule has 2 heterocycles. The molecule has 2 aliphatic heterocycles. The van der Waals surface area contributed by atoms with E-state index < -0.39 is 0 Å². The van der Waals surface area contributed by atoms with Crippen LogP contribution in [0.5, 0.6) is 0 Å². The van der Waals surface area contributed by atoms with Gasteiger partial charge in [0, 0.05) is 12.0 Å². The number of benzene rings is 3. The molecule has 0 spiro atoms. The molecule has 0 amide bonds. The predicted molar refractivity (Wildman–Crippen MR) is 106 cm³/mol. The van der Waals surface area contributed by atoms with E-state index >= 15 is 0 Å². The first-order chi connectivity index (χ1) is 12.9. The number of hydrogen-bond acceptors (Lipinski definition) is 0. The zero-order valence-electron chi connectivity index (χ0n) is 14.8. The Hall–Kier alpha value is -2.32. The van der Waals surface area contributed by atoms with E-state index in [0.717, 1.165) is 12.2 Å². The van der Waals surface area contributed by atoms with E-state index in [-0.39, 0.29) is 28.5 Å². The number of allylic oxidation sites excluding steroid dienone is 1. The minimum atomic E-state index is 0. The number of carbonyl (C=O) groups excluding carboxylic acids is 1. The van der Waals surface area contributed by atoms with Crippen molar-refractivity contribution in [3.05, 3.63) is 119 Å². The monoisotopic (exact) mass is 533 g/mol. The van der Waals surface area contributed by atoms with Gasteiger partial charge in [-0.1, -0.05) is 84.9 Å². The number of rotatable bonds is 3. The molecular formula is C25H20AuO+. The summed E-state index contributed by atoms with van der Waals surface area (Å²) in [5.74, 6) is 2.74. The Morgan fingerprint density at radius 1 is 0.815 bits per heavy atom. The van der Waals surface area contributed by atoms with Crippen molar-refractivity contribution in [2.45, 2.75) is 12.5 Å². The van der Waals surface area contributed by atoms with Crippen LogP contribution in [0, 0.1) is 11.8 Å². The van der Waals surface area contributed by atoms with E-state index in [2.05, 4.69) is 97.1 Å². The summed E-state index contributed by atoms with van der Waals surface area (Å²) in [7, 11) is 0. The average Bonchev–Trinajstić information content (AvgIpc) is 2.74. The molecule has 0 radical (unpaired) electrons.